The molecule has 5 heteroatoms. The zero-order chi connectivity index (χ0) is 14.5. The molecule has 3 nitrogen and oxygen atoms in total. The second kappa shape index (κ2) is 7.04. The van der Waals surface area contributed by atoms with E-state index in [9.17, 15) is 9.18 Å². The summed E-state index contributed by atoms with van der Waals surface area (Å²) in [5, 5.41) is 8.95. The van der Waals surface area contributed by atoms with Crippen LogP contribution >= 0.6 is 11.6 Å². The van der Waals surface area contributed by atoms with Crippen LogP contribution in [0.4, 0.5) is 4.39 Å². The van der Waals surface area contributed by atoms with Crippen molar-refractivity contribution >= 4 is 17.6 Å². The highest BCUT2D eigenvalue weighted by atomic mass is 35.5. The Labute approximate surface area is 123 Å². The van der Waals surface area contributed by atoms with Crippen LogP contribution < -0.4 is 0 Å². The smallest absolute Gasteiger partial charge is 0.303 e. The molecular formula is C15H19ClFNO2. The number of carboxylic acids is 1. The van der Waals surface area contributed by atoms with Gasteiger partial charge in [0.2, 0.25) is 0 Å². The van der Waals surface area contributed by atoms with Gasteiger partial charge in [0.15, 0.2) is 0 Å². The molecule has 1 aliphatic rings. The first-order valence-electron chi connectivity index (χ1n) is 6.96. The Balaban J connectivity index is 2.00. The van der Waals surface area contributed by atoms with E-state index in [0.29, 0.717) is 19.0 Å². The normalized spacial score (nSPS) is 20.0. The molecule has 1 N–H and O–H groups in total. The van der Waals surface area contributed by atoms with E-state index in [1.807, 2.05) is 0 Å². The number of hydrogen-bond donors (Lipinski definition) is 1. The van der Waals surface area contributed by atoms with E-state index in [1.54, 1.807) is 12.1 Å². The van der Waals surface area contributed by atoms with E-state index in [2.05, 4.69) is 4.90 Å². The molecule has 0 spiro atoms. The standard InChI is InChI=1S/C15H19ClFNO2/c16-13-9-11(4-6-14(13)17)10-18-8-2-1-3-12(18)5-7-15(19)20/h4,6,9,12H,1-3,5,7-8,10H2,(H,19,20). The first-order valence-corrected chi connectivity index (χ1v) is 7.34. The van der Waals surface area contributed by atoms with Crippen molar-refractivity contribution in [1.82, 2.24) is 4.90 Å². The lowest BCUT2D eigenvalue weighted by atomic mass is 9.97. The molecule has 1 heterocycles. The number of hydrogen-bond acceptors (Lipinski definition) is 2. The quantitative estimate of drug-likeness (QED) is 0.901. The first-order chi connectivity index (χ1) is 9.56. The Kier molecular flexibility index (Phi) is 5.38. The van der Waals surface area contributed by atoms with Crippen LogP contribution in [0.15, 0.2) is 18.2 Å². The summed E-state index contributed by atoms with van der Waals surface area (Å²) in [7, 11) is 0. The van der Waals surface area contributed by atoms with Crippen LogP contribution in [0.25, 0.3) is 0 Å². The molecule has 0 bridgehead atoms. The number of likely N-dealkylation sites (tertiary alicyclic amines) is 1. The number of benzene rings is 1. The van der Waals surface area contributed by atoms with Crippen LogP contribution in [0.2, 0.25) is 5.02 Å². The Morgan fingerprint density at radius 3 is 2.95 bits per heavy atom. The number of rotatable bonds is 5. The van der Waals surface area contributed by atoms with Crippen molar-refractivity contribution in [3.8, 4) is 0 Å². The predicted octanol–water partition coefficient (Wildman–Crippen LogP) is 3.70. The summed E-state index contributed by atoms with van der Waals surface area (Å²) < 4.78 is 13.2. The number of nitrogens with zero attached hydrogens (tertiary/aromatic N) is 1. The Morgan fingerprint density at radius 2 is 2.25 bits per heavy atom. The molecule has 1 atom stereocenters. The maximum absolute atomic E-state index is 13.2. The summed E-state index contributed by atoms with van der Waals surface area (Å²) in [5.74, 6) is -1.16. The van der Waals surface area contributed by atoms with Crippen LogP contribution in [0.5, 0.6) is 0 Å². The minimum Gasteiger partial charge on any atom is -0.481 e. The molecule has 20 heavy (non-hydrogen) atoms. The Hall–Kier alpha value is -1.13. The molecule has 1 aromatic carbocycles. The van der Waals surface area contributed by atoms with Gasteiger partial charge in [-0.15, -0.1) is 0 Å². The zero-order valence-electron chi connectivity index (χ0n) is 11.3. The second-order valence-electron chi connectivity index (χ2n) is 5.30. The summed E-state index contributed by atoms with van der Waals surface area (Å²) in [6.07, 6.45) is 4.17. The molecule has 1 aliphatic heterocycles. The van der Waals surface area contributed by atoms with Gasteiger partial charge < -0.3 is 5.11 Å². The summed E-state index contributed by atoms with van der Waals surface area (Å²) in [4.78, 5) is 13.0. The maximum atomic E-state index is 13.2. The summed E-state index contributed by atoms with van der Waals surface area (Å²) in [5.41, 5.74) is 0.971. The molecule has 2 rings (SSSR count). The molecule has 0 aliphatic carbocycles. The number of piperidine rings is 1. The third-order valence-electron chi connectivity index (χ3n) is 3.81. The van der Waals surface area contributed by atoms with E-state index < -0.39 is 11.8 Å². The molecular weight excluding hydrogens is 281 g/mol. The summed E-state index contributed by atoms with van der Waals surface area (Å²) in [6, 6.07) is 5.07. The number of carbonyl (C=O) groups is 1. The van der Waals surface area contributed by atoms with Gasteiger partial charge in [-0.05, 0) is 43.5 Å². The van der Waals surface area contributed by atoms with Crippen molar-refractivity contribution in [3.05, 3.63) is 34.6 Å². The van der Waals surface area contributed by atoms with Crippen LogP contribution in [0, 0.1) is 5.82 Å². The van der Waals surface area contributed by atoms with Gasteiger partial charge in [-0.3, -0.25) is 9.69 Å². The van der Waals surface area contributed by atoms with E-state index in [0.717, 1.165) is 31.4 Å². The maximum Gasteiger partial charge on any atom is 0.303 e. The van der Waals surface area contributed by atoms with E-state index in [1.165, 1.54) is 6.07 Å². The third kappa shape index (κ3) is 4.18. The van der Waals surface area contributed by atoms with Gasteiger partial charge in [-0.1, -0.05) is 24.1 Å². The molecule has 110 valence electrons. The van der Waals surface area contributed by atoms with Crippen LogP contribution in [0.3, 0.4) is 0 Å². The van der Waals surface area contributed by atoms with Gasteiger partial charge in [0, 0.05) is 19.0 Å². The highest BCUT2D eigenvalue weighted by molar-refractivity contribution is 6.30. The Morgan fingerprint density at radius 1 is 1.45 bits per heavy atom. The summed E-state index contributed by atoms with van der Waals surface area (Å²) >= 11 is 5.80. The molecule has 1 saturated heterocycles. The SMILES string of the molecule is O=C(O)CCC1CCCCN1Cc1ccc(F)c(Cl)c1. The lowest BCUT2D eigenvalue weighted by Gasteiger charge is -2.35. The van der Waals surface area contributed by atoms with Gasteiger partial charge in [0.25, 0.3) is 0 Å². The molecule has 0 aromatic heterocycles. The lowest BCUT2D eigenvalue weighted by Crippen LogP contribution is -2.39. The molecule has 1 fully saturated rings. The average molecular weight is 300 g/mol. The van der Waals surface area contributed by atoms with Crippen molar-refractivity contribution in [1.29, 1.82) is 0 Å². The monoisotopic (exact) mass is 299 g/mol. The van der Waals surface area contributed by atoms with Gasteiger partial charge >= 0.3 is 5.97 Å². The highest BCUT2D eigenvalue weighted by Crippen LogP contribution is 2.24. The minimum absolute atomic E-state index is 0.140. The largest absolute Gasteiger partial charge is 0.481 e. The van der Waals surface area contributed by atoms with Crippen molar-refractivity contribution in [2.24, 2.45) is 0 Å². The van der Waals surface area contributed by atoms with Crippen LogP contribution in [-0.4, -0.2) is 28.6 Å². The Bertz CT molecular complexity index is 481. The molecule has 0 saturated carbocycles. The van der Waals surface area contributed by atoms with Crippen molar-refractivity contribution in [3.63, 3.8) is 0 Å². The lowest BCUT2D eigenvalue weighted by molar-refractivity contribution is -0.137. The average Bonchev–Trinajstić information content (AvgIpc) is 2.42. The van der Waals surface area contributed by atoms with Crippen molar-refractivity contribution in [2.75, 3.05) is 6.54 Å². The van der Waals surface area contributed by atoms with Gasteiger partial charge in [-0.25, -0.2) is 4.39 Å². The highest BCUT2D eigenvalue weighted by Gasteiger charge is 2.23. The predicted molar refractivity (Wildman–Crippen MR) is 76.3 cm³/mol. The fourth-order valence-electron chi connectivity index (χ4n) is 2.76. The third-order valence-corrected chi connectivity index (χ3v) is 4.10. The fourth-order valence-corrected chi connectivity index (χ4v) is 2.96. The van der Waals surface area contributed by atoms with E-state index in [4.69, 9.17) is 16.7 Å². The number of carboxylic acid groups (broad SMARTS) is 1. The van der Waals surface area contributed by atoms with Gasteiger partial charge in [0.1, 0.15) is 5.82 Å². The minimum atomic E-state index is -0.750. The summed E-state index contributed by atoms with van der Waals surface area (Å²) in [6.45, 7) is 1.66. The zero-order valence-corrected chi connectivity index (χ0v) is 12.1. The fraction of sp³-hybridized carbons (Fsp3) is 0.533. The second-order valence-corrected chi connectivity index (χ2v) is 5.71. The van der Waals surface area contributed by atoms with Crippen LogP contribution in [-0.2, 0) is 11.3 Å². The van der Waals surface area contributed by atoms with E-state index >= 15 is 0 Å². The van der Waals surface area contributed by atoms with Crippen molar-refractivity contribution in [2.45, 2.75) is 44.7 Å². The van der Waals surface area contributed by atoms with Crippen LogP contribution in [0.1, 0.15) is 37.7 Å². The number of halogens is 2. The van der Waals surface area contributed by atoms with E-state index in [-0.39, 0.29) is 11.4 Å². The molecule has 0 amide bonds. The molecule has 1 aromatic rings. The number of aliphatic carboxylic acids is 1. The topological polar surface area (TPSA) is 40.5 Å². The van der Waals surface area contributed by atoms with Gasteiger partial charge in [0.05, 0.1) is 5.02 Å². The molecule has 1 unspecified atom stereocenters. The molecule has 0 radical (unpaired) electrons. The van der Waals surface area contributed by atoms with Crippen molar-refractivity contribution < 1.29 is 14.3 Å². The van der Waals surface area contributed by atoms with Gasteiger partial charge in [-0.2, -0.15) is 0 Å². The first kappa shape index (κ1) is 15.3.